The number of benzene rings is 2. The number of anilines is 2. The van der Waals surface area contributed by atoms with Gasteiger partial charge >= 0.3 is 0 Å². The zero-order chi connectivity index (χ0) is 21.5. The van der Waals surface area contributed by atoms with Crippen LogP contribution >= 0.6 is 0 Å². The molecule has 0 saturated heterocycles. The van der Waals surface area contributed by atoms with Crippen molar-refractivity contribution >= 4 is 11.6 Å². The fourth-order valence-corrected chi connectivity index (χ4v) is 3.77. The minimum atomic E-state index is 0.601. The van der Waals surface area contributed by atoms with E-state index in [9.17, 15) is 0 Å². The molecule has 2 aromatic carbocycles. The number of rotatable bonds is 11. The highest BCUT2D eigenvalue weighted by atomic mass is 16.5. The molecule has 0 unspecified atom stereocenters. The summed E-state index contributed by atoms with van der Waals surface area (Å²) in [4.78, 5) is 11.6. The van der Waals surface area contributed by atoms with Crippen LogP contribution in [0.15, 0.2) is 60.9 Å². The smallest absolute Gasteiger partial charge is 0.227 e. The van der Waals surface area contributed by atoms with E-state index < -0.39 is 0 Å². The molecule has 1 N–H and O–H groups in total. The molecule has 4 rings (SSSR count). The molecule has 0 amide bonds. The van der Waals surface area contributed by atoms with Crippen LogP contribution in [-0.4, -0.2) is 41.6 Å². The fourth-order valence-electron chi connectivity index (χ4n) is 3.77. The lowest BCUT2D eigenvalue weighted by atomic mass is 10.1. The maximum absolute atomic E-state index is 5.21. The molecule has 1 aliphatic carbocycles. The molecule has 1 aromatic heterocycles. The Morgan fingerprint density at radius 3 is 2.26 bits per heavy atom. The highest BCUT2D eigenvalue weighted by Gasteiger charge is 2.23. The largest absolute Gasteiger partial charge is 0.497 e. The van der Waals surface area contributed by atoms with Crippen molar-refractivity contribution in [3.63, 3.8) is 0 Å². The summed E-state index contributed by atoms with van der Waals surface area (Å²) in [6.45, 7) is 5.90. The summed E-state index contributed by atoms with van der Waals surface area (Å²) < 4.78 is 5.21. The molecule has 0 atom stereocenters. The Bertz CT molecular complexity index is 935. The third-order valence-corrected chi connectivity index (χ3v) is 5.76. The van der Waals surface area contributed by atoms with Gasteiger partial charge in [-0.15, -0.1) is 0 Å². The Hall–Kier alpha value is -2.92. The van der Waals surface area contributed by atoms with Crippen molar-refractivity contribution in [2.24, 2.45) is 5.92 Å². The van der Waals surface area contributed by atoms with Crippen molar-refractivity contribution in [2.75, 3.05) is 32.1 Å². The van der Waals surface area contributed by atoms with Gasteiger partial charge in [-0.1, -0.05) is 31.2 Å². The van der Waals surface area contributed by atoms with Crippen LogP contribution in [0.5, 0.6) is 5.75 Å². The molecule has 1 fully saturated rings. The van der Waals surface area contributed by atoms with Crippen LogP contribution in [0.3, 0.4) is 0 Å². The Morgan fingerprint density at radius 1 is 0.935 bits per heavy atom. The normalized spacial score (nSPS) is 13.4. The lowest BCUT2D eigenvalue weighted by molar-refractivity contribution is 0.266. The quantitative estimate of drug-likeness (QED) is 0.443. The summed E-state index contributed by atoms with van der Waals surface area (Å²) in [5.41, 5.74) is 4.42. The van der Waals surface area contributed by atoms with Gasteiger partial charge in [-0.2, -0.15) is 0 Å². The van der Waals surface area contributed by atoms with Gasteiger partial charge in [-0.05, 0) is 73.5 Å². The van der Waals surface area contributed by atoms with Gasteiger partial charge in [-0.3, -0.25) is 0 Å². The molecule has 0 radical (unpaired) electrons. The van der Waals surface area contributed by atoms with Gasteiger partial charge < -0.3 is 15.0 Å². The van der Waals surface area contributed by atoms with Crippen LogP contribution in [-0.2, 0) is 6.42 Å². The summed E-state index contributed by atoms with van der Waals surface area (Å²) in [5, 5.41) is 3.29. The Labute approximate surface area is 185 Å². The molecule has 5 nitrogen and oxygen atoms in total. The zero-order valence-corrected chi connectivity index (χ0v) is 18.6. The van der Waals surface area contributed by atoms with E-state index in [2.05, 4.69) is 51.4 Å². The molecule has 1 aliphatic rings. The number of ether oxygens (including phenoxy) is 1. The first-order valence-corrected chi connectivity index (χ1v) is 11.3. The minimum Gasteiger partial charge on any atom is -0.497 e. The third-order valence-electron chi connectivity index (χ3n) is 5.76. The summed E-state index contributed by atoms with van der Waals surface area (Å²) in [5.74, 6) is 2.39. The topological polar surface area (TPSA) is 50.3 Å². The van der Waals surface area contributed by atoms with Crippen LogP contribution in [0.2, 0.25) is 0 Å². The second kappa shape index (κ2) is 10.4. The monoisotopic (exact) mass is 416 g/mol. The standard InChI is InChI=1S/C26H32N4O/c1-3-15-30(19-21-4-5-21)16-14-20-6-10-24(11-7-20)29-26-27-17-23(18-28-26)22-8-12-25(31-2)13-9-22/h6-13,17-18,21H,3-5,14-16,19H2,1-2H3,(H,27,28,29). The van der Waals surface area contributed by atoms with E-state index >= 15 is 0 Å². The SMILES string of the molecule is CCCN(CCc1ccc(Nc2ncc(-c3ccc(OC)cc3)cn2)cc1)CC1CC1. The summed E-state index contributed by atoms with van der Waals surface area (Å²) in [6, 6.07) is 16.5. The van der Waals surface area contributed by atoms with Gasteiger partial charge in [0.25, 0.3) is 0 Å². The molecular formula is C26H32N4O. The van der Waals surface area contributed by atoms with E-state index in [1.807, 2.05) is 36.7 Å². The fraction of sp³-hybridized carbons (Fsp3) is 0.385. The van der Waals surface area contributed by atoms with Crippen molar-refractivity contribution < 1.29 is 4.74 Å². The summed E-state index contributed by atoms with van der Waals surface area (Å²) >= 11 is 0. The lowest BCUT2D eigenvalue weighted by Crippen LogP contribution is -2.29. The molecule has 0 spiro atoms. The first-order chi connectivity index (χ1) is 15.2. The second-order valence-electron chi connectivity index (χ2n) is 8.34. The minimum absolute atomic E-state index is 0.601. The molecule has 5 heteroatoms. The number of hydrogen-bond acceptors (Lipinski definition) is 5. The number of nitrogens with zero attached hydrogens (tertiary/aromatic N) is 3. The van der Waals surface area contributed by atoms with E-state index in [0.29, 0.717) is 5.95 Å². The number of hydrogen-bond donors (Lipinski definition) is 1. The van der Waals surface area contributed by atoms with Gasteiger partial charge in [0, 0.05) is 36.7 Å². The molecule has 31 heavy (non-hydrogen) atoms. The number of methoxy groups -OCH3 is 1. The number of aromatic nitrogens is 2. The van der Waals surface area contributed by atoms with Crippen LogP contribution in [0.25, 0.3) is 11.1 Å². The average molecular weight is 417 g/mol. The second-order valence-corrected chi connectivity index (χ2v) is 8.34. The van der Waals surface area contributed by atoms with Crippen LogP contribution in [0, 0.1) is 5.92 Å². The lowest BCUT2D eigenvalue weighted by Gasteiger charge is -2.21. The summed E-state index contributed by atoms with van der Waals surface area (Å²) in [7, 11) is 1.67. The molecule has 0 aliphatic heterocycles. The molecule has 1 heterocycles. The average Bonchev–Trinajstić information content (AvgIpc) is 3.63. The van der Waals surface area contributed by atoms with Gasteiger partial charge in [0.05, 0.1) is 7.11 Å². The van der Waals surface area contributed by atoms with Gasteiger partial charge in [0.15, 0.2) is 0 Å². The number of nitrogens with one attached hydrogen (secondary N) is 1. The van der Waals surface area contributed by atoms with E-state index in [4.69, 9.17) is 4.74 Å². The first-order valence-electron chi connectivity index (χ1n) is 11.3. The molecule has 3 aromatic rings. The van der Waals surface area contributed by atoms with Crippen molar-refractivity contribution in [3.05, 3.63) is 66.5 Å². The molecule has 1 saturated carbocycles. The first kappa shape index (κ1) is 21.3. The van der Waals surface area contributed by atoms with Gasteiger partial charge in [-0.25, -0.2) is 9.97 Å². The van der Waals surface area contributed by atoms with E-state index in [1.165, 1.54) is 37.9 Å². The predicted molar refractivity (Wildman–Crippen MR) is 127 cm³/mol. The van der Waals surface area contributed by atoms with E-state index in [0.717, 1.165) is 41.4 Å². The van der Waals surface area contributed by atoms with E-state index in [1.54, 1.807) is 7.11 Å². The third kappa shape index (κ3) is 6.28. The maximum atomic E-state index is 5.21. The Balaban J connectivity index is 1.30. The van der Waals surface area contributed by atoms with Crippen molar-refractivity contribution in [1.82, 2.24) is 14.9 Å². The molecule has 0 bridgehead atoms. The van der Waals surface area contributed by atoms with Gasteiger partial charge in [0.1, 0.15) is 5.75 Å². The zero-order valence-electron chi connectivity index (χ0n) is 18.6. The van der Waals surface area contributed by atoms with E-state index in [-0.39, 0.29) is 0 Å². The van der Waals surface area contributed by atoms with Crippen molar-refractivity contribution in [1.29, 1.82) is 0 Å². The Morgan fingerprint density at radius 2 is 1.65 bits per heavy atom. The van der Waals surface area contributed by atoms with Crippen molar-refractivity contribution in [2.45, 2.75) is 32.6 Å². The van der Waals surface area contributed by atoms with Crippen LogP contribution in [0.1, 0.15) is 31.7 Å². The molecule has 162 valence electrons. The Kier molecular flexibility index (Phi) is 7.15. The van der Waals surface area contributed by atoms with Crippen molar-refractivity contribution in [3.8, 4) is 16.9 Å². The highest BCUT2D eigenvalue weighted by Crippen LogP contribution is 2.29. The molecular weight excluding hydrogens is 384 g/mol. The maximum Gasteiger partial charge on any atom is 0.227 e. The van der Waals surface area contributed by atoms with Crippen LogP contribution in [0.4, 0.5) is 11.6 Å². The van der Waals surface area contributed by atoms with Gasteiger partial charge in [0.2, 0.25) is 5.95 Å². The van der Waals surface area contributed by atoms with Crippen LogP contribution < -0.4 is 10.1 Å². The summed E-state index contributed by atoms with van der Waals surface area (Å²) in [6.07, 6.45) is 8.85. The highest BCUT2D eigenvalue weighted by molar-refractivity contribution is 5.63. The predicted octanol–water partition coefficient (Wildman–Crippen LogP) is 5.56.